The van der Waals surface area contributed by atoms with Gasteiger partial charge in [0.1, 0.15) is 0 Å². The van der Waals surface area contributed by atoms with Gasteiger partial charge in [-0.1, -0.05) is 34.6 Å². The van der Waals surface area contributed by atoms with Gasteiger partial charge < -0.3 is 15.5 Å². The Morgan fingerprint density at radius 2 is 1.62 bits per heavy atom. The van der Waals surface area contributed by atoms with Gasteiger partial charge in [-0.25, -0.2) is 0 Å². The first-order valence-electron chi connectivity index (χ1n) is 6.16. The van der Waals surface area contributed by atoms with Crippen LogP contribution < -0.4 is 5.32 Å². The predicted molar refractivity (Wildman–Crippen MR) is 68.4 cm³/mol. The number of aliphatic hydroxyl groups is 2. The zero-order valence-corrected chi connectivity index (χ0v) is 11.7. The predicted octanol–water partition coefficient (Wildman–Crippen LogP) is 1.78. The van der Waals surface area contributed by atoms with E-state index in [2.05, 4.69) is 26.1 Å². The monoisotopic (exact) mass is 231 g/mol. The second-order valence-corrected chi connectivity index (χ2v) is 6.56. The van der Waals surface area contributed by atoms with Crippen LogP contribution in [0.3, 0.4) is 0 Å². The van der Waals surface area contributed by atoms with E-state index in [1.54, 1.807) is 0 Å². The standard InChI is InChI=1S/C13H29NO2/c1-10(2)13(6,16)9-14-8-11(15)7-12(3,4)5/h10-11,14-16H,7-9H2,1-6H3. The molecule has 0 aliphatic rings. The summed E-state index contributed by atoms with van der Waals surface area (Å²) >= 11 is 0. The van der Waals surface area contributed by atoms with Gasteiger partial charge >= 0.3 is 0 Å². The number of hydrogen-bond donors (Lipinski definition) is 3. The first-order chi connectivity index (χ1) is 7.04. The lowest BCUT2D eigenvalue weighted by molar-refractivity contribution is 0.0105. The van der Waals surface area contributed by atoms with Crippen molar-refractivity contribution in [1.29, 1.82) is 0 Å². The Kier molecular flexibility index (Phi) is 5.94. The fraction of sp³-hybridized carbons (Fsp3) is 1.00. The third kappa shape index (κ3) is 7.20. The lowest BCUT2D eigenvalue weighted by Crippen LogP contribution is -2.44. The molecule has 3 N–H and O–H groups in total. The van der Waals surface area contributed by atoms with Crippen LogP contribution in [-0.4, -0.2) is 35.0 Å². The Bertz CT molecular complexity index is 195. The molecule has 0 aromatic carbocycles. The van der Waals surface area contributed by atoms with E-state index in [0.29, 0.717) is 13.1 Å². The second-order valence-electron chi connectivity index (χ2n) is 6.56. The molecule has 2 atom stereocenters. The summed E-state index contributed by atoms with van der Waals surface area (Å²) in [5, 5.41) is 22.9. The maximum absolute atomic E-state index is 9.99. The Balaban J connectivity index is 3.82. The SMILES string of the molecule is CC(C)C(C)(O)CNCC(O)CC(C)(C)C. The van der Waals surface area contributed by atoms with Crippen molar-refractivity contribution >= 4 is 0 Å². The first kappa shape index (κ1) is 15.9. The molecule has 0 aliphatic heterocycles. The highest BCUT2D eigenvalue weighted by Crippen LogP contribution is 2.20. The Labute approximate surface area is 100 Å². The van der Waals surface area contributed by atoms with Crippen LogP contribution in [-0.2, 0) is 0 Å². The van der Waals surface area contributed by atoms with Crippen molar-refractivity contribution in [3.8, 4) is 0 Å². The minimum absolute atomic E-state index is 0.141. The number of aliphatic hydroxyl groups excluding tert-OH is 1. The smallest absolute Gasteiger partial charge is 0.0766 e. The maximum atomic E-state index is 9.99. The molecule has 16 heavy (non-hydrogen) atoms. The molecule has 2 unspecified atom stereocenters. The highest BCUT2D eigenvalue weighted by molar-refractivity contribution is 4.80. The average Bonchev–Trinajstić information content (AvgIpc) is 1.99. The zero-order chi connectivity index (χ0) is 13.0. The zero-order valence-electron chi connectivity index (χ0n) is 11.7. The Morgan fingerprint density at radius 3 is 2.00 bits per heavy atom. The van der Waals surface area contributed by atoms with Gasteiger partial charge in [-0.2, -0.15) is 0 Å². The van der Waals surface area contributed by atoms with E-state index >= 15 is 0 Å². The third-order valence-corrected chi connectivity index (χ3v) is 2.95. The molecular weight excluding hydrogens is 202 g/mol. The van der Waals surface area contributed by atoms with Crippen LogP contribution in [0.4, 0.5) is 0 Å². The second kappa shape index (κ2) is 5.99. The van der Waals surface area contributed by atoms with E-state index in [9.17, 15) is 10.2 Å². The van der Waals surface area contributed by atoms with Crippen molar-refractivity contribution in [1.82, 2.24) is 5.32 Å². The van der Waals surface area contributed by atoms with Crippen molar-refractivity contribution in [2.45, 2.75) is 59.7 Å². The molecule has 0 radical (unpaired) electrons. The molecule has 0 aromatic rings. The van der Waals surface area contributed by atoms with Crippen LogP contribution in [0, 0.1) is 11.3 Å². The molecule has 0 fully saturated rings. The van der Waals surface area contributed by atoms with Gasteiger partial charge in [0, 0.05) is 13.1 Å². The highest BCUT2D eigenvalue weighted by atomic mass is 16.3. The van der Waals surface area contributed by atoms with Gasteiger partial charge in [0.2, 0.25) is 0 Å². The molecule has 98 valence electrons. The van der Waals surface area contributed by atoms with E-state index in [4.69, 9.17) is 0 Å². The average molecular weight is 231 g/mol. The number of hydrogen-bond acceptors (Lipinski definition) is 3. The lowest BCUT2D eigenvalue weighted by Gasteiger charge is -2.29. The molecule has 0 saturated carbocycles. The quantitative estimate of drug-likeness (QED) is 0.653. The van der Waals surface area contributed by atoms with Crippen LogP contribution in [0.2, 0.25) is 0 Å². The minimum atomic E-state index is -0.707. The molecule has 3 nitrogen and oxygen atoms in total. The van der Waals surface area contributed by atoms with Crippen LogP contribution in [0.5, 0.6) is 0 Å². The summed E-state index contributed by atoms with van der Waals surface area (Å²) < 4.78 is 0. The van der Waals surface area contributed by atoms with Gasteiger partial charge in [-0.3, -0.25) is 0 Å². The van der Waals surface area contributed by atoms with Crippen LogP contribution >= 0.6 is 0 Å². The summed E-state index contributed by atoms with van der Waals surface area (Å²) in [7, 11) is 0. The summed E-state index contributed by atoms with van der Waals surface area (Å²) in [4.78, 5) is 0. The Morgan fingerprint density at radius 1 is 1.12 bits per heavy atom. The van der Waals surface area contributed by atoms with Gasteiger partial charge in [-0.05, 0) is 24.7 Å². The molecular formula is C13H29NO2. The summed E-state index contributed by atoms with van der Waals surface area (Å²) in [6.07, 6.45) is 0.423. The van der Waals surface area contributed by atoms with Gasteiger partial charge in [0.05, 0.1) is 11.7 Å². The summed E-state index contributed by atoms with van der Waals surface area (Å²) in [5.41, 5.74) is -0.566. The summed E-state index contributed by atoms with van der Waals surface area (Å²) in [6, 6.07) is 0. The van der Waals surface area contributed by atoms with Crippen LogP contribution in [0.1, 0.15) is 48.0 Å². The van der Waals surface area contributed by atoms with E-state index in [1.165, 1.54) is 0 Å². The Hall–Kier alpha value is -0.120. The summed E-state index contributed by atoms with van der Waals surface area (Å²) in [5.74, 6) is 0.208. The van der Waals surface area contributed by atoms with E-state index in [1.807, 2.05) is 20.8 Å². The molecule has 0 aromatic heterocycles. The fourth-order valence-electron chi connectivity index (χ4n) is 1.48. The third-order valence-electron chi connectivity index (χ3n) is 2.95. The van der Waals surface area contributed by atoms with Crippen molar-refractivity contribution in [3.63, 3.8) is 0 Å². The van der Waals surface area contributed by atoms with Gasteiger partial charge in [-0.15, -0.1) is 0 Å². The molecule has 0 heterocycles. The van der Waals surface area contributed by atoms with Gasteiger partial charge in [0.25, 0.3) is 0 Å². The largest absolute Gasteiger partial charge is 0.392 e. The molecule has 0 saturated heterocycles. The molecule has 0 amide bonds. The fourth-order valence-corrected chi connectivity index (χ4v) is 1.48. The molecule has 3 heteroatoms. The first-order valence-corrected chi connectivity index (χ1v) is 6.16. The van der Waals surface area contributed by atoms with Crippen LogP contribution in [0.25, 0.3) is 0 Å². The maximum Gasteiger partial charge on any atom is 0.0766 e. The molecule has 0 spiro atoms. The van der Waals surface area contributed by atoms with E-state index < -0.39 is 5.60 Å². The van der Waals surface area contributed by atoms with E-state index in [-0.39, 0.29) is 17.4 Å². The molecule has 0 rings (SSSR count). The van der Waals surface area contributed by atoms with Crippen molar-refractivity contribution < 1.29 is 10.2 Å². The van der Waals surface area contributed by atoms with Crippen molar-refractivity contribution in [2.24, 2.45) is 11.3 Å². The lowest BCUT2D eigenvalue weighted by atomic mass is 9.89. The topological polar surface area (TPSA) is 52.5 Å². The number of nitrogens with one attached hydrogen (secondary N) is 1. The molecule has 0 bridgehead atoms. The number of rotatable bonds is 6. The van der Waals surface area contributed by atoms with Crippen LogP contribution in [0.15, 0.2) is 0 Å². The highest BCUT2D eigenvalue weighted by Gasteiger charge is 2.24. The molecule has 0 aliphatic carbocycles. The summed E-state index contributed by atoms with van der Waals surface area (Å²) in [6.45, 7) is 13.2. The van der Waals surface area contributed by atoms with E-state index in [0.717, 1.165) is 6.42 Å². The van der Waals surface area contributed by atoms with Crippen molar-refractivity contribution in [3.05, 3.63) is 0 Å². The van der Waals surface area contributed by atoms with Crippen molar-refractivity contribution in [2.75, 3.05) is 13.1 Å². The normalized spacial score (nSPS) is 18.6. The van der Waals surface area contributed by atoms with Gasteiger partial charge in [0.15, 0.2) is 0 Å². The minimum Gasteiger partial charge on any atom is -0.392 e.